The van der Waals surface area contributed by atoms with Crippen molar-refractivity contribution in [2.75, 3.05) is 6.61 Å². The Bertz CT molecular complexity index is 447. The molecule has 4 N–H and O–H groups in total. The van der Waals surface area contributed by atoms with Gasteiger partial charge in [0.25, 0.3) is 0 Å². The van der Waals surface area contributed by atoms with E-state index >= 15 is 0 Å². The van der Waals surface area contributed by atoms with Gasteiger partial charge in [-0.05, 0) is 33.0 Å². The molecule has 0 aromatic carbocycles. The number of aromatic nitrogens is 2. The summed E-state index contributed by atoms with van der Waals surface area (Å²) >= 11 is 4.90. The van der Waals surface area contributed by atoms with Crippen LogP contribution in [-0.2, 0) is 11.2 Å². The molecule has 0 radical (unpaired) electrons. The van der Waals surface area contributed by atoms with Gasteiger partial charge < -0.3 is 25.1 Å². The van der Waals surface area contributed by atoms with Gasteiger partial charge in [0.1, 0.15) is 5.60 Å². The second-order valence-electron chi connectivity index (χ2n) is 5.00. The third kappa shape index (κ3) is 5.33. The van der Waals surface area contributed by atoms with Gasteiger partial charge >= 0.3 is 6.09 Å². The number of H-pyrrole nitrogens is 2. The number of carbonyl (C=O) groups excluding carboxylic acids is 1. The first-order chi connectivity index (χ1) is 8.30. The lowest BCUT2D eigenvalue weighted by Crippen LogP contribution is -2.42. The number of amides is 1. The van der Waals surface area contributed by atoms with Crippen molar-refractivity contribution in [3.63, 3.8) is 0 Å². The van der Waals surface area contributed by atoms with E-state index in [9.17, 15) is 9.90 Å². The van der Waals surface area contributed by atoms with Crippen molar-refractivity contribution in [2.45, 2.75) is 38.8 Å². The first-order valence-electron chi connectivity index (χ1n) is 5.67. The van der Waals surface area contributed by atoms with Crippen LogP contribution >= 0.6 is 12.2 Å². The molecule has 0 saturated heterocycles. The SMILES string of the molecule is CC(C)(C)OC(=O)N[C@H](CO)Cc1c[nH]c(=S)[nH]1. The Balaban J connectivity index is 2.52. The molecule has 6 nitrogen and oxygen atoms in total. The molecule has 0 bridgehead atoms. The highest BCUT2D eigenvalue weighted by Gasteiger charge is 2.19. The number of alkyl carbamates (subject to hydrolysis) is 1. The number of nitrogens with one attached hydrogen (secondary N) is 3. The summed E-state index contributed by atoms with van der Waals surface area (Å²) in [7, 11) is 0. The number of ether oxygens (including phenoxy) is 1. The van der Waals surface area contributed by atoms with Crippen molar-refractivity contribution in [2.24, 2.45) is 0 Å². The van der Waals surface area contributed by atoms with Gasteiger partial charge in [0.05, 0.1) is 12.6 Å². The lowest BCUT2D eigenvalue weighted by molar-refractivity contribution is 0.0482. The van der Waals surface area contributed by atoms with E-state index in [1.165, 1.54) is 0 Å². The first-order valence-corrected chi connectivity index (χ1v) is 6.08. The molecule has 0 spiro atoms. The number of aliphatic hydroxyl groups excluding tert-OH is 1. The van der Waals surface area contributed by atoms with Gasteiger partial charge in [-0.3, -0.25) is 0 Å². The summed E-state index contributed by atoms with van der Waals surface area (Å²) < 4.78 is 5.63. The predicted molar refractivity (Wildman–Crippen MR) is 69.9 cm³/mol. The molecule has 0 aliphatic carbocycles. The highest BCUT2D eigenvalue weighted by atomic mass is 32.1. The zero-order valence-corrected chi connectivity index (χ0v) is 11.6. The molecule has 18 heavy (non-hydrogen) atoms. The predicted octanol–water partition coefficient (Wildman–Crippen LogP) is 1.50. The van der Waals surface area contributed by atoms with Crippen LogP contribution in [0.15, 0.2) is 6.20 Å². The molecule has 0 aliphatic rings. The molecular formula is C11H19N3O3S. The molecule has 1 heterocycles. The highest BCUT2D eigenvalue weighted by molar-refractivity contribution is 7.71. The topological polar surface area (TPSA) is 90.1 Å². The zero-order valence-electron chi connectivity index (χ0n) is 10.7. The van der Waals surface area contributed by atoms with Gasteiger partial charge in [-0.1, -0.05) is 0 Å². The first kappa shape index (κ1) is 14.7. The molecule has 0 fully saturated rings. The lowest BCUT2D eigenvalue weighted by atomic mass is 10.2. The maximum absolute atomic E-state index is 11.5. The Morgan fingerprint density at radius 1 is 1.61 bits per heavy atom. The fourth-order valence-electron chi connectivity index (χ4n) is 1.38. The minimum Gasteiger partial charge on any atom is -0.444 e. The Kier molecular flexibility index (Phi) is 4.92. The average molecular weight is 273 g/mol. The third-order valence-electron chi connectivity index (χ3n) is 2.06. The fourth-order valence-corrected chi connectivity index (χ4v) is 1.57. The molecule has 1 aromatic rings. The maximum atomic E-state index is 11.5. The number of hydrogen-bond donors (Lipinski definition) is 4. The van der Waals surface area contributed by atoms with Gasteiger partial charge in [-0.15, -0.1) is 0 Å². The summed E-state index contributed by atoms with van der Waals surface area (Å²) in [6.45, 7) is 5.17. The van der Waals surface area contributed by atoms with E-state index < -0.39 is 17.7 Å². The molecular weight excluding hydrogens is 254 g/mol. The van der Waals surface area contributed by atoms with Crippen LogP contribution in [0.5, 0.6) is 0 Å². The molecule has 0 aliphatic heterocycles. The number of aromatic amines is 2. The van der Waals surface area contributed by atoms with E-state index in [4.69, 9.17) is 17.0 Å². The molecule has 0 saturated carbocycles. The Labute approximate surface area is 111 Å². The van der Waals surface area contributed by atoms with E-state index in [1.54, 1.807) is 27.0 Å². The van der Waals surface area contributed by atoms with Gasteiger partial charge in [0, 0.05) is 18.3 Å². The summed E-state index contributed by atoms with van der Waals surface area (Å²) in [6.07, 6.45) is 1.61. The number of carbonyl (C=O) groups is 1. The average Bonchev–Trinajstić information content (AvgIpc) is 2.60. The highest BCUT2D eigenvalue weighted by Crippen LogP contribution is 2.07. The quantitative estimate of drug-likeness (QED) is 0.626. The molecule has 1 rings (SSSR count). The summed E-state index contributed by atoms with van der Waals surface area (Å²) in [4.78, 5) is 17.3. The lowest BCUT2D eigenvalue weighted by Gasteiger charge is -2.22. The second kappa shape index (κ2) is 6.01. The summed E-state index contributed by atoms with van der Waals surface area (Å²) in [5.74, 6) is 0. The molecule has 1 atom stereocenters. The smallest absolute Gasteiger partial charge is 0.407 e. The molecule has 0 unspecified atom stereocenters. The minimum absolute atomic E-state index is 0.176. The van der Waals surface area contributed by atoms with Gasteiger partial charge in [0.2, 0.25) is 0 Å². The van der Waals surface area contributed by atoms with Crippen molar-refractivity contribution in [3.8, 4) is 0 Å². The fraction of sp³-hybridized carbons (Fsp3) is 0.636. The monoisotopic (exact) mass is 273 g/mol. The standard InChI is InChI=1S/C11H19N3O3S/c1-11(2,3)17-10(16)14-8(6-15)4-7-5-12-9(18)13-7/h5,8,15H,4,6H2,1-3H3,(H,14,16)(H2,12,13,18)/t8-/m0/s1. The summed E-state index contributed by atoms with van der Waals surface area (Å²) in [5, 5.41) is 11.8. The van der Waals surface area contributed by atoms with Crippen molar-refractivity contribution < 1.29 is 14.6 Å². The zero-order chi connectivity index (χ0) is 13.8. The molecule has 1 aromatic heterocycles. The van der Waals surface area contributed by atoms with Crippen LogP contribution in [0.25, 0.3) is 0 Å². The van der Waals surface area contributed by atoms with Crippen molar-refractivity contribution >= 4 is 18.3 Å². The summed E-state index contributed by atoms with van der Waals surface area (Å²) in [5.41, 5.74) is 0.257. The normalized spacial score (nSPS) is 13.1. The van der Waals surface area contributed by atoms with Crippen molar-refractivity contribution in [1.82, 2.24) is 15.3 Å². The van der Waals surface area contributed by atoms with E-state index in [1.807, 2.05) is 0 Å². The maximum Gasteiger partial charge on any atom is 0.407 e. The van der Waals surface area contributed by atoms with Gasteiger partial charge in [-0.2, -0.15) is 0 Å². The minimum atomic E-state index is -0.557. The Morgan fingerprint density at radius 3 is 2.72 bits per heavy atom. The van der Waals surface area contributed by atoms with Crippen LogP contribution in [0.3, 0.4) is 0 Å². The largest absolute Gasteiger partial charge is 0.444 e. The van der Waals surface area contributed by atoms with Crippen LogP contribution in [0.2, 0.25) is 0 Å². The number of hydrogen-bond acceptors (Lipinski definition) is 4. The van der Waals surface area contributed by atoms with E-state index in [0.717, 1.165) is 5.69 Å². The van der Waals surface area contributed by atoms with E-state index in [-0.39, 0.29) is 6.61 Å². The summed E-state index contributed by atoms with van der Waals surface area (Å²) in [6, 6.07) is -0.415. The van der Waals surface area contributed by atoms with Crippen LogP contribution in [0.4, 0.5) is 4.79 Å². The van der Waals surface area contributed by atoms with Crippen LogP contribution in [0.1, 0.15) is 26.5 Å². The van der Waals surface area contributed by atoms with Crippen molar-refractivity contribution in [3.05, 3.63) is 16.7 Å². The number of imidazole rings is 1. The van der Waals surface area contributed by atoms with Crippen molar-refractivity contribution in [1.29, 1.82) is 0 Å². The number of rotatable bonds is 4. The molecule has 102 valence electrons. The third-order valence-corrected chi connectivity index (χ3v) is 2.28. The Hall–Kier alpha value is -1.34. The van der Waals surface area contributed by atoms with Gasteiger partial charge in [-0.25, -0.2) is 4.79 Å². The Morgan fingerprint density at radius 2 is 2.28 bits per heavy atom. The molecule has 1 amide bonds. The number of aliphatic hydroxyl groups is 1. The van der Waals surface area contributed by atoms with E-state index in [2.05, 4.69) is 15.3 Å². The second-order valence-corrected chi connectivity index (χ2v) is 5.41. The van der Waals surface area contributed by atoms with Gasteiger partial charge in [0.15, 0.2) is 4.77 Å². The van der Waals surface area contributed by atoms with Crippen LogP contribution in [-0.4, -0.2) is 39.4 Å². The van der Waals surface area contributed by atoms with Crippen LogP contribution in [0, 0.1) is 4.77 Å². The van der Waals surface area contributed by atoms with E-state index in [0.29, 0.717) is 11.2 Å². The van der Waals surface area contributed by atoms with Crippen LogP contribution < -0.4 is 5.32 Å². The molecule has 7 heteroatoms.